The molecule has 2 unspecified atom stereocenters. The van der Waals surface area contributed by atoms with Crippen molar-refractivity contribution in [2.24, 2.45) is 11.8 Å². The van der Waals surface area contributed by atoms with E-state index in [-0.39, 0.29) is 0 Å². The van der Waals surface area contributed by atoms with E-state index in [1.165, 1.54) is 19.3 Å². The number of hydrogen-bond acceptors (Lipinski definition) is 0. The van der Waals surface area contributed by atoms with E-state index in [1.807, 2.05) is 5.17 Å². The summed E-state index contributed by atoms with van der Waals surface area (Å²) in [5.74, 6) is 2.19. The summed E-state index contributed by atoms with van der Waals surface area (Å²) in [5, 5.41) is 1.82. The molecule has 0 radical (unpaired) electrons. The van der Waals surface area contributed by atoms with Gasteiger partial charge in [-0.05, 0) is 47.4 Å². The molecule has 2 bridgehead atoms. The Bertz CT molecular complexity index is 128. The van der Waals surface area contributed by atoms with E-state index >= 15 is 0 Å². The molecule has 0 spiro atoms. The maximum Gasteiger partial charge on any atom is -0.0242 e. The zero-order valence-corrected chi connectivity index (χ0v) is 6.60. The SMILES string of the molecule is [SiH2]=C1CC2CCC1C2. The largest absolute Gasteiger partial charge is 0.0926 e. The van der Waals surface area contributed by atoms with Gasteiger partial charge in [-0.3, -0.25) is 0 Å². The van der Waals surface area contributed by atoms with Crippen LogP contribution in [0.2, 0.25) is 0 Å². The highest BCUT2D eigenvalue weighted by Crippen LogP contribution is 2.41. The zero-order valence-electron chi connectivity index (χ0n) is 5.19. The molecule has 0 aromatic rings. The molecule has 0 nitrogen and oxygen atoms in total. The third-order valence-electron chi connectivity index (χ3n) is 2.67. The summed E-state index contributed by atoms with van der Waals surface area (Å²) in [6, 6.07) is 0. The smallest absolute Gasteiger partial charge is 0.0242 e. The highest BCUT2D eigenvalue weighted by molar-refractivity contribution is 6.39. The Balaban J connectivity index is 2.22. The van der Waals surface area contributed by atoms with E-state index in [0.717, 1.165) is 11.8 Å². The highest BCUT2D eigenvalue weighted by atomic mass is 28.1. The summed E-state index contributed by atoms with van der Waals surface area (Å²) in [6.07, 6.45) is 6.07. The van der Waals surface area contributed by atoms with Gasteiger partial charge in [0.2, 0.25) is 0 Å². The van der Waals surface area contributed by atoms with Gasteiger partial charge in [-0.1, -0.05) is 5.17 Å². The molecule has 0 aromatic heterocycles. The van der Waals surface area contributed by atoms with Gasteiger partial charge in [-0.25, -0.2) is 0 Å². The van der Waals surface area contributed by atoms with E-state index in [4.69, 9.17) is 0 Å². The molecule has 0 saturated heterocycles. The fourth-order valence-corrected chi connectivity index (χ4v) is 2.95. The van der Waals surface area contributed by atoms with Crippen LogP contribution in [0, 0.1) is 11.8 Å². The van der Waals surface area contributed by atoms with Gasteiger partial charge in [0.15, 0.2) is 0 Å². The summed E-state index contributed by atoms with van der Waals surface area (Å²) >= 11 is 0. The molecular formula is C7H12Si. The molecule has 2 atom stereocenters. The molecule has 0 aromatic carbocycles. The monoisotopic (exact) mass is 124 g/mol. The minimum absolute atomic E-state index is 1.07. The minimum Gasteiger partial charge on any atom is -0.0926 e. The second kappa shape index (κ2) is 1.53. The Kier molecular flexibility index (Phi) is 0.943. The fraction of sp³-hybridized carbons (Fsp3) is 0.857. The Morgan fingerprint density at radius 1 is 1.38 bits per heavy atom. The average molecular weight is 124 g/mol. The van der Waals surface area contributed by atoms with Gasteiger partial charge in [0, 0.05) is 0 Å². The number of rotatable bonds is 0. The van der Waals surface area contributed by atoms with Crippen molar-refractivity contribution in [3.8, 4) is 0 Å². The molecule has 2 saturated carbocycles. The third-order valence-corrected chi connectivity index (χ3v) is 3.54. The van der Waals surface area contributed by atoms with Crippen LogP contribution in [-0.4, -0.2) is 15.0 Å². The summed E-state index contributed by atoms with van der Waals surface area (Å²) in [7, 11) is 2.15. The molecule has 44 valence electrons. The van der Waals surface area contributed by atoms with Crippen LogP contribution in [0.3, 0.4) is 0 Å². The molecule has 2 rings (SSSR count). The van der Waals surface area contributed by atoms with Crippen LogP contribution >= 0.6 is 0 Å². The second-order valence-corrected chi connectivity index (χ2v) is 4.15. The Hall–Kier alpha value is 0.0869. The van der Waals surface area contributed by atoms with Crippen LogP contribution in [0.4, 0.5) is 0 Å². The standard InChI is InChI=1S/C7H12Si/c8-7-4-5-1-2-6(7)3-5/h5-6H,1-4,8H2. The number of fused-ring (bicyclic) bond motifs is 2. The van der Waals surface area contributed by atoms with Crippen LogP contribution in [0.1, 0.15) is 25.7 Å². The summed E-state index contributed by atoms with van der Waals surface area (Å²) < 4.78 is 0. The lowest BCUT2D eigenvalue weighted by Gasteiger charge is -2.10. The molecule has 0 aliphatic heterocycles. The topological polar surface area (TPSA) is 0 Å². The first-order chi connectivity index (χ1) is 3.86. The van der Waals surface area contributed by atoms with Crippen molar-refractivity contribution in [3.05, 3.63) is 0 Å². The van der Waals surface area contributed by atoms with Crippen molar-refractivity contribution in [3.63, 3.8) is 0 Å². The van der Waals surface area contributed by atoms with Gasteiger partial charge in [0.1, 0.15) is 0 Å². The molecule has 8 heavy (non-hydrogen) atoms. The summed E-state index contributed by atoms with van der Waals surface area (Å²) in [6.45, 7) is 0. The first-order valence-corrected chi connectivity index (χ1v) is 4.24. The average Bonchev–Trinajstić information content (AvgIpc) is 2.23. The van der Waals surface area contributed by atoms with Gasteiger partial charge in [0.05, 0.1) is 0 Å². The molecule has 2 aliphatic carbocycles. The van der Waals surface area contributed by atoms with E-state index in [9.17, 15) is 0 Å². The van der Waals surface area contributed by atoms with E-state index in [2.05, 4.69) is 9.85 Å². The Morgan fingerprint density at radius 3 is 2.50 bits per heavy atom. The summed E-state index contributed by atoms with van der Waals surface area (Å²) in [5.41, 5.74) is 0. The van der Waals surface area contributed by atoms with Gasteiger partial charge in [-0.2, -0.15) is 0 Å². The zero-order chi connectivity index (χ0) is 5.56. The van der Waals surface area contributed by atoms with Crippen molar-refractivity contribution in [2.75, 3.05) is 0 Å². The van der Waals surface area contributed by atoms with E-state index in [1.54, 1.807) is 6.42 Å². The van der Waals surface area contributed by atoms with Gasteiger partial charge in [-0.15, -0.1) is 0 Å². The van der Waals surface area contributed by atoms with Crippen molar-refractivity contribution < 1.29 is 0 Å². The fourth-order valence-electron chi connectivity index (χ4n) is 2.17. The predicted molar refractivity (Wildman–Crippen MR) is 39.0 cm³/mol. The normalized spacial score (nSPS) is 43.8. The maximum atomic E-state index is 2.15. The first-order valence-electron chi connectivity index (χ1n) is 3.54. The van der Waals surface area contributed by atoms with E-state index in [0.29, 0.717) is 0 Å². The lowest BCUT2D eigenvalue weighted by atomic mass is 10.0. The van der Waals surface area contributed by atoms with Crippen molar-refractivity contribution in [2.45, 2.75) is 25.7 Å². The Labute approximate surface area is 53.3 Å². The molecule has 0 N–H and O–H groups in total. The molecular weight excluding hydrogens is 112 g/mol. The molecule has 0 heterocycles. The van der Waals surface area contributed by atoms with Crippen LogP contribution in [0.5, 0.6) is 0 Å². The van der Waals surface area contributed by atoms with Gasteiger partial charge >= 0.3 is 0 Å². The van der Waals surface area contributed by atoms with Crippen molar-refractivity contribution >= 4 is 15.0 Å². The molecule has 0 amide bonds. The summed E-state index contributed by atoms with van der Waals surface area (Å²) in [4.78, 5) is 0. The van der Waals surface area contributed by atoms with Crippen LogP contribution in [-0.2, 0) is 0 Å². The third kappa shape index (κ3) is 0.539. The van der Waals surface area contributed by atoms with E-state index < -0.39 is 0 Å². The number of hydrogen-bond donors (Lipinski definition) is 0. The predicted octanol–water partition coefficient (Wildman–Crippen LogP) is 0.612. The van der Waals surface area contributed by atoms with Gasteiger partial charge < -0.3 is 0 Å². The van der Waals surface area contributed by atoms with Gasteiger partial charge in [0.25, 0.3) is 0 Å². The van der Waals surface area contributed by atoms with Crippen LogP contribution in [0.25, 0.3) is 0 Å². The van der Waals surface area contributed by atoms with Crippen molar-refractivity contribution in [1.29, 1.82) is 0 Å². The maximum absolute atomic E-state index is 2.15. The quantitative estimate of drug-likeness (QED) is 0.415. The molecule has 2 fully saturated rings. The molecule has 1 heteroatoms. The highest BCUT2D eigenvalue weighted by Gasteiger charge is 2.33. The minimum atomic E-state index is 1.07. The van der Waals surface area contributed by atoms with Crippen LogP contribution < -0.4 is 0 Å². The lowest BCUT2D eigenvalue weighted by molar-refractivity contribution is 0.594. The second-order valence-electron chi connectivity index (χ2n) is 3.24. The molecule has 2 aliphatic rings. The lowest BCUT2D eigenvalue weighted by Crippen LogP contribution is -2.08. The van der Waals surface area contributed by atoms with Crippen LogP contribution in [0.15, 0.2) is 0 Å². The first kappa shape index (κ1) is 4.92. The van der Waals surface area contributed by atoms with Crippen molar-refractivity contribution in [1.82, 2.24) is 0 Å². The Morgan fingerprint density at radius 2 is 2.25 bits per heavy atom.